The Morgan fingerprint density at radius 3 is 2.55 bits per heavy atom. The molecular weight excluding hydrogens is 293 g/mol. The summed E-state index contributed by atoms with van der Waals surface area (Å²) in [7, 11) is 0. The van der Waals surface area contributed by atoms with Crippen LogP contribution in [-0.4, -0.2) is 9.97 Å². The molecule has 3 nitrogen and oxygen atoms in total. The number of aryl methyl sites for hydroxylation is 2. The summed E-state index contributed by atoms with van der Waals surface area (Å²) in [4.78, 5) is 8.81. The first-order valence-corrected chi connectivity index (χ1v) is 7.33. The molecule has 0 aliphatic carbocycles. The number of nitrogens with one attached hydrogen (secondary N) is 1. The summed E-state index contributed by atoms with van der Waals surface area (Å²) in [5, 5.41) is 4.47. The molecule has 0 aliphatic rings. The second-order valence-electron chi connectivity index (χ2n) is 4.74. The molecule has 2 aromatic rings. The molecule has 0 saturated carbocycles. The second kappa shape index (κ2) is 6.42. The zero-order valence-electron chi connectivity index (χ0n) is 11.8. The molecule has 0 fully saturated rings. The van der Waals surface area contributed by atoms with Crippen molar-refractivity contribution in [2.24, 2.45) is 0 Å². The number of anilines is 2. The number of nitrogens with zero attached hydrogens (tertiary/aromatic N) is 2. The lowest BCUT2D eigenvalue weighted by Gasteiger charge is -2.12. The number of halogens is 2. The van der Waals surface area contributed by atoms with Crippen molar-refractivity contribution in [1.29, 1.82) is 0 Å². The molecule has 106 valence electrons. The number of hydrogen-bond acceptors (Lipinski definition) is 3. The summed E-state index contributed by atoms with van der Waals surface area (Å²) in [5.74, 6) is 1.48. The van der Waals surface area contributed by atoms with E-state index in [0.717, 1.165) is 46.3 Å². The molecule has 1 aromatic carbocycles. The standard InChI is InChI=1S/C15H17Cl2N3/c1-4-5-13-19-14(17)10(3)15(20-13)18-11-7-6-9(2)12(16)8-11/h6-8H,4-5H2,1-3H3,(H,18,19,20). The lowest BCUT2D eigenvalue weighted by Crippen LogP contribution is -2.03. The van der Waals surface area contributed by atoms with Gasteiger partial charge in [0.2, 0.25) is 0 Å². The van der Waals surface area contributed by atoms with E-state index in [2.05, 4.69) is 22.2 Å². The average molecular weight is 310 g/mol. The summed E-state index contributed by atoms with van der Waals surface area (Å²) in [5.41, 5.74) is 2.77. The van der Waals surface area contributed by atoms with E-state index in [1.165, 1.54) is 0 Å². The van der Waals surface area contributed by atoms with E-state index in [9.17, 15) is 0 Å². The van der Waals surface area contributed by atoms with E-state index in [0.29, 0.717) is 5.15 Å². The molecule has 0 amide bonds. The quantitative estimate of drug-likeness (QED) is 0.799. The van der Waals surface area contributed by atoms with Crippen molar-refractivity contribution in [2.75, 3.05) is 5.32 Å². The maximum atomic E-state index is 6.16. The van der Waals surface area contributed by atoms with Crippen LogP contribution in [0.1, 0.15) is 30.3 Å². The molecule has 0 saturated heterocycles. The van der Waals surface area contributed by atoms with Gasteiger partial charge in [-0.2, -0.15) is 0 Å². The van der Waals surface area contributed by atoms with Crippen LogP contribution in [0.5, 0.6) is 0 Å². The van der Waals surface area contributed by atoms with E-state index in [-0.39, 0.29) is 0 Å². The van der Waals surface area contributed by atoms with Crippen LogP contribution < -0.4 is 5.32 Å². The zero-order valence-corrected chi connectivity index (χ0v) is 13.3. The Morgan fingerprint density at radius 1 is 1.15 bits per heavy atom. The fraction of sp³-hybridized carbons (Fsp3) is 0.333. The van der Waals surface area contributed by atoms with Crippen molar-refractivity contribution in [1.82, 2.24) is 9.97 Å². The highest BCUT2D eigenvalue weighted by Gasteiger charge is 2.09. The predicted octanol–water partition coefficient (Wildman–Crippen LogP) is 5.10. The van der Waals surface area contributed by atoms with E-state index in [1.807, 2.05) is 32.0 Å². The van der Waals surface area contributed by atoms with Crippen LogP contribution in [0.4, 0.5) is 11.5 Å². The number of hydrogen-bond donors (Lipinski definition) is 1. The Kier molecular flexibility index (Phi) is 4.84. The maximum Gasteiger partial charge on any atom is 0.138 e. The van der Waals surface area contributed by atoms with Gasteiger partial charge in [-0.25, -0.2) is 9.97 Å². The van der Waals surface area contributed by atoms with Crippen molar-refractivity contribution < 1.29 is 0 Å². The van der Waals surface area contributed by atoms with Crippen LogP contribution in [0.2, 0.25) is 10.2 Å². The molecule has 1 heterocycles. The number of benzene rings is 1. The van der Waals surface area contributed by atoms with Crippen LogP contribution in [0, 0.1) is 13.8 Å². The van der Waals surface area contributed by atoms with Gasteiger partial charge in [0.1, 0.15) is 16.8 Å². The Hall–Kier alpha value is -1.32. The zero-order chi connectivity index (χ0) is 14.7. The molecular formula is C15H17Cl2N3. The number of rotatable bonds is 4. The van der Waals surface area contributed by atoms with Gasteiger partial charge >= 0.3 is 0 Å². The van der Waals surface area contributed by atoms with Gasteiger partial charge in [0.15, 0.2) is 0 Å². The Bertz CT molecular complexity index is 627. The third-order valence-electron chi connectivity index (χ3n) is 3.04. The summed E-state index contributed by atoms with van der Waals surface area (Å²) < 4.78 is 0. The van der Waals surface area contributed by atoms with Gasteiger partial charge in [-0.05, 0) is 38.0 Å². The summed E-state index contributed by atoms with van der Waals surface area (Å²) >= 11 is 12.3. The van der Waals surface area contributed by atoms with Crippen molar-refractivity contribution in [3.63, 3.8) is 0 Å². The third-order valence-corrected chi connectivity index (χ3v) is 3.82. The minimum Gasteiger partial charge on any atom is -0.340 e. The summed E-state index contributed by atoms with van der Waals surface area (Å²) in [6.07, 6.45) is 1.79. The predicted molar refractivity (Wildman–Crippen MR) is 85.2 cm³/mol. The van der Waals surface area contributed by atoms with E-state index in [1.54, 1.807) is 0 Å². The minimum absolute atomic E-state index is 0.490. The summed E-state index contributed by atoms with van der Waals surface area (Å²) in [6, 6.07) is 5.82. The van der Waals surface area contributed by atoms with Gasteiger partial charge < -0.3 is 5.32 Å². The molecule has 0 spiro atoms. The van der Waals surface area contributed by atoms with Gasteiger partial charge in [0, 0.05) is 22.7 Å². The molecule has 0 radical (unpaired) electrons. The van der Waals surface area contributed by atoms with Crippen molar-refractivity contribution in [2.45, 2.75) is 33.6 Å². The lowest BCUT2D eigenvalue weighted by molar-refractivity contribution is 0.833. The van der Waals surface area contributed by atoms with E-state index >= 15 is 0 Å². The van der Waals surface area contributed by atoms with E-state index < -0.39 is 0 Å². The highest BCUT2D eigenvalue weighted by atomic mass is 35.5. The minimum atomic E-state index is 0.490. The first-order valence-electron chi connectivity index (χ1n) is 6.57. The summed E-state index contributed by atoms with van der Waals surface area (Å²) in [6.45, 7) is 5.96. The first-order chi connectivity index (χ1) is 9.51. The van der Waals surface area contributed by atoms with Crippen LogP contribution >= 0.6 is 23.2 Å². The van der Waals surface area contributed by atoms with Crippen LogP contribution in [0.25, 0.3) is 0 Å². The molecule has 0 atom stereocenters. The largest absolute Gasteiger partial charge is 0.340 e. The van der Waals surface area contributed by atoms with Crippen molar-refractivity contribution in [3.05, 3.63) is 45.3 Å². The normalized spacial score (nSPS) is 10.7. The molecule has 0 bridgehead atoms. The molecule has 0 unspecified atom stereocenters. The molecule has 0 aliphatic heterocycles. The first kappa shape index (κ1) is 15.1. The van der Waals surface area contributed by atoms with Gasteiger partial charge in [-0.15, -0.1) is 0 Å². The van der Waals surface area contributed by atoms with Gasteiger partial charge in [-0.1, -0.05) is 36.2 Å². The van der Waals surface area contributed by atoms with E-state index in [4.69, 9.17) is 23.2 Å². The van der Waals surface area contributed by atoms with Crippen LogP contribution in [0.3, 0.4) is 0 Å². The average Bonchev–Trinajstić information content (AvgIpc) is 2.40. The molecule has 1 aromatic heterocycles. The third kappa shape index (κ3) is 3.41. The molecule has 1 N–H and O–H groups in total. The van der Waals surface area contributed by atoms with Gasteiger partial charge in [0.05, 0.1) is 0 Å². The maximum absolute atomic E-state index is 6.16. The fourth-order valence-electron chi connectivity index (χ4n) is 1.80. The topological polar surface area (TPSA) is 37.8 Å². The molecule has 2 rings (SSSR count). The second-order valence-corrected chi connectivity index (χ2v) is 5.51. The van der Waals surface area contributed by atoms with Gasteiger partial charge in [-0.3, -0.25) is 0 Å². The highest BCUT2D eigenvalue weighted by Crippen LogP contribution is 2.26. The molecule has 5 heteroatoms. The van der Waals surface area contributed by atoms with Gasteiger partial charge in [0.25, 0.3) is 0 Å². The van der Waals surface area contributed by atoms with Crippen LogP contribution in [0.15, 0.2) is 18.2 Å². The Balaban J connectivity index is 2.34. The lowest BCUT2D eigenvalue weighted by atomic mass is 10.2. The SMILES string of the molecule is CCCc1nc(Cl)c(C)c(Nc2ccc(C)c(Cl)c2)n1. The smallest absolute Gasteiger partial charge is 0.138 e. The number of aromatic nitrogens is 2. The Labute approximate surface area is 129 Å². The fourth-order valence-corrected chi connectivity index (χ4v) is 2.16. The monoisotopic (exact) mass is 309 g/mol. The van der Waals surface area contributed by atoms with Crippen molar-refractivity contribution >= 4 is 34.7 Å². The highest BCUT2D eigenvalue weighted by molar-refractivity contribution is 6.31. The molecule has 20 heavy (non-hydrogen) atoms. The van der Waals surface area contributed by atoms with Crippen molar-refractivity contribution in [3.8, 4) is 0 Å². The Morgan fingerprint density at radius 2 is 1.90 bits per heavy atom. The van der Waals surface area contributed by atoms with Crippen LogP contribution in [-0.2, 0) is 6.42 Å².